The second-order valence-corrected chi connectivity index (χ2v) is 37.1. The lowest BCUT2D eigenvalue weighted by Gasteiger charge is -2.61. The second-order valence-electron chi connectivity index (χ2n) is 35.0. The molecule has 0 aliphatic heterocycles. The summed E-state index contributed by atoms with van der Waals surface area (Å²) in [6, 6.07) is 131. The summed E-state index contributed by atoms with van der Waals surface area (Å²) in [5, 5.41) is 5.25. The maximum Gasteiger partial charge on any atom is 0.0640 e. The van der Waals surface area contributed by atoms with Crippen LogP contribution in [0.15, 0.2) is 346 Å². The van der Waals surface area contributed by atoms with Gasteiger partial charge in [0.1, 0.15) is 0 Å². The number of fused-ring (bicyclic) bond motifs is 12. The number of nitrogens with zero attached hydrogens (tertiary/aromatic N) is 2. The molecule has 554 valence electrons. The highest BCUT2D eigenvalue weighted by atomic mass is 32.1. The lowest BCUT2D eigenvalue weighted by molar-refractivity contribution is -0.0397. The molecule has 10 aliphatic rings. The number of anilines is 6. The fourth-order valence-electron chi connectivity index (χ4n) is 25.3. The van der Waals surface area contributed by atoms with Crippen molar-refractivity contribution in [1.29, 1.82) is 0 Å². The average Bonchev–Trinajstić information content (AvgIpc) is 1.53. The summed E-state index contributed by atoms with van der Waals surface area (Å²) in [5.74, 6) is 6.53. The van der Waals surface area contributed by atoms with E-state index in [4.69, 9.17) is 0 Å². The highest BCUT2D eigenvalue weighted by molar-refractivity contribution is 7.26. The molecule has 0 saturated heterocycles. The molecule has 8 bridgehead atoms. The molecule has 4 heteroatoms. The van der Waals surface area contributed by atoms with Crippen LogP contribution in [-0.4, -0.2) is 0 Å². The van der Waals surface area contributed by atoms with Gasteiger partial charge in [0.2, 0.25) is 0 Å². The Morgan fingerprint density at radius 1 is 0.252 bits per heavy atom. The van der Waals surface area contributed by atoms with Crippen LogP contribution in [0.2, 0.25) is 0 Å². The predicted octanol–water partition coefficient (Wildman–Crippen LogP) is 31.1. The van der Waals surface area contributed by atoms with Gasteiger partial charge in [-0.15, -0.1) is 22.7 Å². The predicted molar refractivity (Wildman–Crippen MR) is 486 cm³/mol. The van der Waals surface area contributed by atoms with Crippen LogP contribution in [-0.2, 0) is 10.8 Å². The highest BCUT2D eigenvalue weighted by Crippen LogP contribution is 2.73. The topological polar surface area (TPSA) is 6.48 Å². The first-order valence-corrected chi connectivity index (χ1v) is 44.0. The van der Waals surface area contributed by atoms with Crippen molar-refractivity contribution in [3.63, 3.8) is 0 Å². The van der Waals surface area contributed by atoms with Gasteiger partial charge in [-0.2, -0.15) is 0 Å². The van der Waals surface area contributed by atoms with E-state index in [0.29, 0.717) is 11.8 Å². The molecule has 2 nitrogen and oxygen atoms in total. The van der Waals surface area contributed by atoms with Crippen molar-refractivity contribution in [2.75, 3.05) is 9.80 Å². The minimum absolute atomic E-state index is 0.0742. The van der Waals surface area contributed by atoms with Gasteiger partial charge in [-0.1, -0.05) is 267 Å². The van der Waals surface area contributed by atoms with Crippen LogP contribution < -0.4 is 9.80 Å². The minimum Gasteiger partial charge on any atom is -0.310 e. The molecule has 115 heavy (non-hydrogen) atoms. The van der Waals surface area contributed by atoms with Gasteiger partial charge < -0.3 is 9.80 Å². The molecule has 15 aromatic carbocycles. The van der Waals surface area contributed by atoms with Crippen molar-refractivity contribution in [1.82, 2.24) is 0 Å². The number of hydrogen-bond acceptors (Lipinski definition) is 4. The van der Waals surface area contributed by atoms with Crippen LogP contribution in [0.25, 0.3) is 118 Å². The van der Waals surface area contributed by atoms with Crippen molar-refractivity contribution in [3.05, 3.63) is 374 Å². The average molecular weight is 1510 g/mol. The third-order valence-electron chi connectivity index (χ3n) is 29.2. The van der Waals surface area contributed by atoms with Crippen molar-refractivity contribution in [2.45, 2.75) is 82.0 Å². The van der Waals surface area contributed by atoms with Crippen LogP contribution >= 0.6 is 22.7 Å². The SMILES string of the molecule is Cc1cc(N(c2cccc(-c3ccccc3)c2)c2cccc3c2sc2ccccc23)ccc1-c1cccc2c1C1(c3ccccc3-2)C2CC3CC(C2)CC1C3.c1ccc(-c2ccc(N(c3ccc(-c4cccc5c4C4(c6ccccc6-5)C5CC6CC(C5)CC4C6)c(-c4ccccc4)c3)c3cccc4sc5ccccc5c34)cc2)cc1. The lowest BCUT2D eigenvalue weighted by Crippen LogP contribution is -2.55. The Bertz CT molecular complexity index is 6660. The van der Waals surface area contributed by atoms with Crippen LogP contribution in [0.1, 0.15) is 92.0 Å². The monoisotopic (exact) mass is 1510 g/mol. The first kappa shape index (κ1) is 67.8. The largest absolute Gasteiger partial charge is 0.310 e. The quantitative estimate of drug-likeness (QED) is 0.127. The molecular formula is C111H88N2S2. The number of thiophene rings is 2. The zero-order chi connectivity index (χ0) is 75.6. The van der Waals surface area contributed by atoms with Gasteiger partial charge in [-0.25, -0.2) is 0 Å². The van der Waals surface area contributed by atoms with E-state index in [1.807, 2.05) is 22.7 Å². The van der Waals surface area contributed by atoms with Gasteiger partial charge in [-0.3, -0.25) is 0 Å². The highest BCUT2D eigenvalue weighted by Gasteiger charge is 2.64. The molecule has 2 aromatic heterocycles. The molecule has 0 amide bonds. The third-order valence-corrected chi connectivity index (χ3v) is 31.6. The van der Waals surface area contributed by atoms with Gasteiger partial charge in [0.15, 0.2) is 0 Å². The molecule has 8 fully saturated rings. The molecule has 2 heterocycles. The van der Waals surface area contributed by atoms with E-state index < -0.39 is 0 Å². The van der Waals surface area contributed by atoms with Crippen molar-refractivity contribution in [2.24, 2.45) is 47.3 Å². The Labute approximate surface area is 682 Å². The Hall–Kier alpha value is -11.7. The Morgan fingerprint density at radius 2 is 0.652 bits per heavy atom. The standard InChI is InChI=1S/C58H45NS.C53H43NS/c1-3-13-39(14-4-1)40-25-27-44(28-26-40)59(53-22-12-24-55-56(53)50-18-8-10-23-54(50)60-55)45-29-30-46(51(36-45)41-15-5-2-6-16-41)48-19-11-20-49-47-17-7-9-21-52(47)58(57(48)49)42-32-37-31-38(34-42)35-43(58)33-37;1-33-26-41(54(40-15-9-14-37(32-40)36-12-3-2-4-13-36)49-22-11-20-47-44-17-6-8-23-50(44)55-52(47)49)24-25-42(33)45-18-10-19-46-43-16-5-7-21-48(43)53(51(45)46)38-28-34-27-35(30-38)31-39(53)29-34/h1-30,36-38,42-43H,31-35H2;2-26,32,34-35,38-39H,27-31H2,1H3. The molecule has 0 atom stereocenters. The van der Waals surface area contributed by atoms with E-state index >= 15 is 0 Å². The first-order chi connectivity index (χ1) is 56.9. The van der Waals surface area contributed by atoms with Gasteiger partial charge in [0, 0.05) is 69.2 Å². The fourth-order valence-corrected chi connectivity index (χ4v) is 27.7. The summed E-state index contributed by atoms with van der Waals surface area (Å²) in [7, 11) is 0. The van der Waals surface area contributed by atoms with Crippen LogP contribution in [0.5, 0.6) is 0 Å². The molecule has 10 aliphatic carbocycles. The maximum absolute atomic E-state index is 2.51. The Morgan fingerprint density at radius 3 is 1.25 bits per heavy atom. The molecule has 0 unspecified atom stereocenters. The van der Waals surface area contributed by atoms with Gasteiger partial charge in [0.05, 0.1) is 16.1 Å². The summed E-state index contributed by atoms with van der Waals surface area (Å²) in [4.78, 5) is 5.02. The van der Waals surface area contributed by atoms with E-state index in [1.54, 1.807) is 22.3 Å². The Kier molecular flexibility index (Phi) is 15.8. The zero-order valence-corrected chi connectivity index (χ0v) is 66.4. The van der Waals surface area contributed by atoms with E-state index in [1.165, 1.54) is 211 Å². The Balaban J connectivity index is 0.000000133. The molecule has 8 saturated carbocycles. The summed E-state index contributed by atoms with van der Waals surface area (Å²) in [6.07, 6.45) is 14.0. The van der Waals surface area contributed by atoms with Crippen molar-refractivity contribution >= 4 is 97.1 Å². The van der Waals surface area contributed by atoms with Gasteiger partial charge in [0.25, 0.3) is 0 Å². The molecule has 0 radical (unpaired) electrons. The first-order valence-electron chi connectivity index (χ1n) is 42.4. The summed E-state index contributed by atoms with van der Waals surface area (Å²) >= 11 is 3.78. The van der Waals surface area contributed by atoms with Crippen LogP contribution in [0.4, 0.5) is 34.1 Å². The lowest BCUT2D eigenvalue weighted by atomic mass is 9.42. The van der Waals surface area contributed by atoms with Crippen LogP contribution in [0, 0.1) is 54.3 Å². The normalized spacial score (nSPS) is 22.5. The minimum atomic E-state index is 0.0742. The number of rotatable bonds is 11. The van der Waals surface area contributed by atoms with Gasteiger partial charge >= 0.3 is 0 Å². The smallest absolute Gasteiger partial charge is 0.0640 e. The van der Waals surface area contributed by atoms with E-state index in [-0.39, 0.29) is 10.8 Å². The van der Waals surface area contributed by atoms with Crippen LogP contribution in [0.3, 0.4) is 0 Å². The van der Waals surface area contributed by atoms with E-state index in [9.17, 15) is 0 Å². The summed E-state index contributed by atoms with van der Waals surface area (Å²) in [6.45, 7) is 2.35. The molecule has 2 spiro atoms. The van der Waals surface area contributed by atoms with E-state index in [0.717, 1.165) is 46.9 Å². The summed E-state index contributed by atoms with van der Waals surface area (Å²) < 4.78 is 5.27. The maximum atomic E-state index is 2.51. The zero-order valence-electron chi connectivity index (χ0n) is 64.8. The van der Waals surface area contributed by atoms with Crippen molar-refractivity contribution < 1.29 is 0 Å². The second kappa shape index (κ2) is 26.7. The number of hydrogen-bond donors (Lipinski definition) is 0. The number of benzene rings is 15. The van der Waals surface area contributed by atoms with E-state index in [2.05, 4.69) is 363 Å². The van der Waals surface area contributed by atoms with Crippen molar-refractivity contribution in [3.8, 4) is 77.9 Å². The third kappa shape index (κ3) is 10.4. The summed E-state index contributed by atoms with van der Waals surface area (Å²) in [5.41, 5.74) is 34.0. The molecular weight excluding hydrogens is 1430 g/mol. The fraction of sp³-hybridized carbons (Fsp3) is 0.189. The molecule has 27 rings (SSSR count). The molecule has 17 aromatic rings. The molecule has 0 N–H and O–H groups in total. The number of aryl methyl sites for hydroxylation is 1. The van der Waals surface area contributed by atoms with Gasteiger partial charge in [-0.05, 0) is 303 Å².